The second kappa shape index (κ2) is 6.69. The van der Waals surface area contributed by atoms with Crippen molar-refractivity contribution < 1.29 is 13.9 Å². The molecule has 1 fully saturated rings. The number of hydrogen-bond donors (Lipinski definition) is 0. The number of halogens is 2. The highest BCUT2D eigenvalue weighted by Crippen LogP contribution is 2.26. The summed E-state index contributed by atoms with van der Waals surface area (Å²) in [7, 11) is 0. The first-order valence-corrected chi connectivity index (χ1v) is 7.76. The SMILES string of the molecule is Cc1c(Br)cccc1/C=C(\F)c1ccc(C2OCCO2)cn1. The van der Waals surface area contributed by atoms with Crippen LogP contribution >= 0.6 is 15.9 Å². The molecule has 0 N–H and O–H groups in total. The third-order valence-electron chi connectivity index (χ3n) is 3.52. The van der Waals surface area contributed by atoms with Gasteiger partial charge in [-0.25, -0.2) is 4.39 Å². The second-order valence-corrected chi connectivity index (χ2v) is 5.85. The van der Waals surface area contributed by atoms with Gasteiger partial charge in [-0.3, -0.25) is 4.98 Å². The Bertz CT molecular complexity index is 694. The first kappa shape index (κ1) is 15.3. The molecule has 1 aliphatic heterocycles. The van der Waals surface area contributed by atoms with Crippen molar-refractivity contribution in [2.75, 3.05) is 13.2 Å². The van der Waals surface area contributed by atoms with Crippen LogP contribution < -0.4 is 0 Å². The van der Waals surface area contributed by atoms with E-state index in [-0.39, 0.29) is 12.1 Å². The lowest BCUT2D eigenvalue weighted by Gasteiger charge is -2.09. The first-order valence-electron chi connectivity index (χ1n) is 6.97. The van der Waals surface area contributed by atoms with Gasteiger partial charge in [-0.1, -0.05) is 34.1 Å². The number of rotatable bonds is 3. The van der Waals surface area contributed by atoms with E-state index in [1.165, 1.54) is 6.08 Å². The monoisotopic (exact) mass is 363 g/mol. The molecular weight excluding hydrogens is 349 g/mol. The highest BCUT2D eigenvalue weighted by molar-refractivity contribution is 9.10. The van der Waals surface area contributed by atoms with Crippen molar-refractivity contribution in [1.82, 2.24) is 4.98 Å². The van der Waals surface area contributed by atoms with Gasteiger partial charge in [0.25, 0.3) is 0 Å². The molecule has 3 rings (SSSR count). The largest absolute Gasteiger partial charge is 0.346 e. The van der Waals surface area contributed by atoms with E-state index in [0.717, 1.165) is 21.2 Å². The molecule has 114 valence electrons. The number of nitrogens with zero attached hydrogens (tertiary/aromatic N) is 1. The second-order valence-electron chi connectivity index (χ2n) is 5.00. The maximum absolute atomic E-state index is 14.4. The lowest BCUT2D eigenvalue weighted by Crippen LogP contribution is -1.99. The van der Waals surface area contributed by atoms with Gasteiger partial charge in [-0.05, 0) is 36.3 Å². The van der Waals surface area contributed by atoms with Crippen molar-refractivity contribution in [2.45, 2.75) is 13.2 Å². The van der Waals surface area contributed by atoms with Crippen LogP contribution in [0.5, 0.6) is 0 Å². The Kier molecular flexibility index (Phi) is 4.66. The van der Waals surface area contributed by atoms with Crippen LogP contribution in [-0.4, -0.2) is 18.2 Å². The Hall–Kier alpha value is -1.56. The van der Waals surface area contributed by atoms with Gasteiger partial charge in [0, 0.05) is 16.2 Å². The fourth-order valence-electron chi connectivity index (χ4n) is 2.23. The fourth-order valence-corrected chi connectivity index (χ4v) is 2.61. The zero-order valence-electron chi connectivity index (χ0n) is 12.1. The van der Waals surface area contributed by atoms with Crippen molar-refractivity contribution in [3.05, 3.63) is 63.4 Å². The van der Waals surface area contributed by atoms with Gasteiger partial charge in [0.05, 0.1) is 18.9 Å². The summed E-state index contributed by atoms with van der Waals surface area (Å²) in [6.45, 7) is 3.08. The summed E-state index contributed by atoms with van der Waals surface area (Å²) in [5.74, 6) is -0.374. The van der Waals surface area contributed by atoms with E-state index in [2.05, 4.69) is 20.9 Å². The van der Waals surface area contributed by atoms with Crippen molar-refractivity contribution in [1.29, 1.82) is 0 Å². The summed E-state index contributed by atoms with van der Waals surface area (Å²) in [6, 6.07) is 9.09. The molecule has 0 atom stereocenters. The maximum Gasteiger partial charge on any atom is 0.185 e. The molecule has 0 amide bonds. The highest BCUT2D eigenvalue weighted by Gasteiger charge is 2.18. The zero-order valence-corrected chi connectivity index (χ0v) is 13.6. The molecule has 0 radical (unpaired) electrons. The molecule has 2 heterocycles. The Morgan fingerprint density at radius 3 is 2.73 bits per heavy atom. The van der Waals surface area contributed by atoms with Crippen LogP contribution in [-0.2, 0) is 9.47 Å². The zero-order chi connectivity index (χ0) is 15.5. The van der Waals surface area contributed by atoms with Gasteiger partial charge < -0.3 is 9.47 Å². The van der Waals surface area contributed by atoms with E-state index in [9.17, 15) is 4.39 Å². The summed E-state index contributed by atoms with van der Waals surface area (Å²) in [5.41, 5.74) is 2.90. The molecule has 22 heavy (non-hydrogen) atoms. The van der Waals surface area contributed by atoms with Gasteiger partial charge in [0.2, 0.25) is 0 Å². The summed E-state index contributed by atoms with van der Waals surface area (Å²) >= 11 is 3.44. The summed E-state index contributed by atoms with van der Waals surface area (Å²) in [4.78, 5) is 4.16. The molecule has 1 aromatic heterocycles. The molecule has 1 aromatic carbocycles. The van der Waals surface area contributed by atoms with Crippen molar-refractivity contribution in [3.63, 3.8) is 0 Å². The normalized spacial score (nSPS) is 16.2. The number of benzene rings is 1. The van der Waals surface area contributed by atoms with Crippen LogP contribution in [0.25, 0.3) is 11.9 Å². The number of aromatic nitrogens is 1. The lowest BCUT2D eigenvalue weighted by molar-refractivity contribution is -0.0443. The molecule has 0 spiro atoms. The predicted molar refractivity (Wildman–Crippen MR) is 86.7 cm³/mol. The Labute approximate surface area is 136 Å². The molecule has 2 aromatic rings. The minimum Gasteiger partial charge on any atom is -0.346 e. The first-order chi connectivity index (χ1) is 10.6. The van der Waals surface area contributed by atoms with E-state index in [4.69, 9.17) is 9.47 Å². The van der Waals surface area contributed by atoms with Crippen LogP contribution in [0.15, 0.2) is 41.0 Å². The van der Waals surface area contributed by atoms with Crippen molar-refractivity contribution >= 4 is 27.8 Å². The molecule has 0 bridgehead atoms. The minimum atomic E-state index is -0.388. The van der Waals surface area contributed by atoms with Crippen molar-refractivity contribution in [2.24, 2.45) is 0 Å². The van der Waals surface area contributed by atoms with Gasteiger partial charge >= 0.3 is 0 Å². The van der Waals surface area contributed by atoms with E-state index in [0.29, 0.717) is 18.9 Å². The van der Waals surface area contributed by atoms with E-state index < -0.39 is 0 Å². The molecular formula is C17H15BrFNO2. The Morgan fingerprint density at radius 1 is 1.27 bits per heavy atom. The summed E-state index contributed by atoms with van der Waals surface area (Å²) in [6.07, 6.45) is 2.69. The minimum absolute atomic E-state index is 0.293. The van der Waals surface area contributed by atoms with E-state index in [1.54, 1.807) is 18.3 Å². The average molecular weight is 364 g/mol. The smallest absolute Gasteiger partial charge is 0.185 e. The van der Waals surface area contributed by atoms with Crippen LogP contribution in [0, 0.1) is 6.92 Å². The van der Waals surface area contributed by atoms with E-state index in [1.807, 2.05) is 25.1 Å². The third kappa shape index (κ3) is 3.27. The summed E-state index contributed by atoms with van der Waals surface area (Å²) < 4.78 is 26.1. The number of hydrogen-bond acceptors (Lipinski definition) is 3. The van der Waals surface area contributed by atoms with Gasteiger partial charge in [0.1, 0.15) is 5.83 Å². The van der Waals surface area contributed by atoms with Gasteiger partial charge in [0.15, 0.2) is 6.29 Å². The predicted octanol–water partition coefficient (Wildman–Crippen LogP) is 4.67. The Morgan fingerprint density at radius 2 is 2.05 bits per heavy atom. The van der Waals surface area contributed by atoms with E-state index >= 15 is 0 Å². The highest BCUT2D eigenvalue weighted by atomic mass is 79.9. The summed E-state index contributed by atoms with van der Waals surface area (Å²) in [5, 5.41) is 0. The molecule has 1 aliphatic rings. The van der Waals surface area contributed by atoms with Crippen LogP contribution in [0.4, 0.5) is 4.39 Å². The Balaban J connectivity index is 1.83. The molecule has 0 aliphatic carbocycles. The lowest BCUT2D eigenvalue weighted by atomic mass is 10.1. The molecule has 3 nitrogen and oxygen atoms in total. The molecule has 0 saturated carbocycles. The quantitative estimate of drug-likeness (QED) is 0.794. The third-order valence-corrected chi connectivity index (χ3v) is 4.38. The van der Waals surface area contributed by atoms with Gasteiger partial charge in [-0.2, -0.15) is 0 Å². The van der Waals surface area contributed by atoms with Gasteiger partial charge in [-0.15, -0.1) is 0 Å². The topological polar surface area (TPSA) is 31.4 Å². The van der Waals surface area contributed by atoms with Crippen LogP contribution in [0.1, 0.15) is 28.7 Å². The number of pyridine rings is 1. The maximum atomic E-state index is 14.4. The molecule has 1 saturated heterocycles. The fraction of sp³-hybridized carbons (Fsp3) is 0.235. The molecule has 0 unspecified atom stereocenters. The molecule has 5 heteroatoms. The van der Waals surface area contributed by atoms with Crippen molar-refractivity contribution in [3.8, 4) is 0 Å². The van der Waals surface area contributed by atoms with Crippen LogP contribution in [0.2, 0.25) is 0 Å². The standard InChI is InChI=1S/C17H15BrFNO2/c1-11-12(3-2-4-14(11)18)9-15(19)16-6-5-13(10-20-16)17-21-7-8-22-17/h2-6,9-10,17H,7-8H2,1H3/b15-9-. The number of ether oxygens (including phenoxy) is 2. The average Bonchev–Trinajstić information content (AvgIpc) is 3.06. The van der Waals surface area contributed by atoms with Crippen LogP contribution in [0.3, 0.4) is 0 Å².